The van der Waals surface area contributed by atoms with Crippen LogP contribution in [0, 0.1) is 0 Å². The zero-order valence-corrected chi connectivity index (χ0v) is 15.8. The molecule has 5 nitrogen and oxygen atoms in total. The van der Waals surface area contributed by atoms with Crippen LogP contribution in [0.4, 0.5) is 5.69 Å². The summed E-state index contributed by atoms with van der Waals surface area (Å²) in [6, 6.07) is 14.0. The second-order valence-electron chi connectivity index (χ2n) is 6.58. The summed E-state index contributed by atoms with van der Waals surface area (Å²) in [5, 5.41) is 0.514. The number of carbonyl (C=O) groups excluding carboxylic acids is 1. The maximum absolute atomic E-state index is 13.1. The predicted molar refractivity (Wildman–Crippen MR) is 105 cm³/mol. The van der Waals surface area contributed by atoms with Crippen molar-refractivity contribution in [1.29, 1.82) is 0 Å². The van der Waals surface area contributed by atoms with Crippen molar-refractivity contribution in [3.05, 3.63) is 48.0 Å². The lowest BCUT2D eigenvalue weighted by atomic mass is 10.1. The van der Waals surface area contributed by atoms with Crippen molar-refractivity contribution < 1.29 is 9.53 Å². The van der Waals surface area contributed by atoms with Gasteiger partial charge in [0.25, 0.3) is 0 Å². The number of H-pyrrole nitrogens is 1. The molecule has 6 heteroatoms. The molecule has 0 aliphatic carbocycles. The van der Waals surface area contributed by atoms with E-state index in [1.54, 1.807) is 7.11 Å². The smallest absolute Gasteiger partial charge is 0.240 e. The van der Waals surface area contributed by atoms with E-state index in [2.05, 4.69) is 23.0 Å². The molecule has 134 valence electrons. The summed E-state index contributed by atoms with van der Waals surface area (Å²) >= 11 is 1.46. The number of thioether (sulfide) groups is 1. The number of hydrogen-bond acceptors (Lipinski definition) is 4. The molecule has 1 N–H and O–H groups in total. The highest BCUT2D eigenvalue weighted by atomic mass is 32.2. The summed E-state index contributed by atoms with van der Waals surface area (Å²) in [4.78, 5) is 22.9. The Morgan fingerprint density at radius 2 is 2.15 bits per heavy atom. The first-order valence-corrected chi connectivity index (χ1v) is 9.56. The number of aromatic amines is 1. The van der Waals surface area contributed by atoms with Crippen molar-refractivity contribution in [2.45, 2.75) is 36.7 Å². The molecule has 2 aromatic carbocycles. The van der Waals surface area contributed by atoms with Crippen LogP contribution in [0.5, 0.6) is 5.75 Å². The van der Waals surface area contributed by atoms with Crippen molar-refractivity contribution in [3.8, 4) is 5.75 Å². The molecule has 0 unspecified atom stereocenters. The summed E-state index contributed by atoms with van der Waals surface area (Å²) in [6.45, 7) is 4.04. The van der Waals surface area contributed by atoms with Crippen molar-refractivity contribution in [2.75, 3.05) is 12.0 Å². The number of benzene rings is 2. The fraction of sp³-hybridized carbons (Fsp3) is 0.300. The van der Waals surface area contributed by atoms with E-state index in [0.29, 0.717) is 0 Å². The van der Waals surface area contributed by atoms with Gasteiger partial charge >= 0.3 is 0 Å². The van der Waals surface area contributed by atoms with Gasteiger partial charge in [0.1, 0.15) is 5.75 Å². The Hall–Kier alpha value is -2.47. The number of rotatable bonds is 4. The van der Waals surface area contributed by atoms with E-state index in [4.69, 9.17) is 4.74 Å². The first-order chi connectivity index (χ1) is 12.6. The molecule has 4 rings (SSSR count). The third kappa shape index (κ3) is 2.94. The number of imidazole rings is 1. The molecule has 3 aromatic rings. The Morgan fingerprint density at radius 1 is 1.35 bits per heavy atom. The maximum atomic E-state index is 13.1. The predicted octanol–water partition coefficient (Wildman–Crippen LogP) is 4.03. The van der Waals surface area contributed by atoms with Crippen molar-refractivity contribution in [1.82, 2.24) is 9.97 Å². The summed E-state index contributed by atoms with van der Waals surface area (Å²) in [5.74, 6) is 0.898. The SMILES string of the molecule is COc1ccc2nc(S[C@@H](C)C(=O)N3c4ccccc4C[C@@H]3C)[nH]c2c1. The van der Waals surface area contributed by atoms with Gasteiger partial charge in [0.2, 0.25) is 5.91 Å². The van der Waals surface area contributed by atoms with Crippen LogP contribution in [0.2, 0.25) is 0 Å². The first kappa shape index (κ1) is 17.0. The second kappa shape index (κ2) is 6.68. The van der Waals surface area contributed by atoms with Gasteiger partial charge in [0.05, 0.1) is 23.4 Å². The van der Waals surface area contributed by atoms with Crippen molar-refractivity contribution in [3.63, 3.8) is 0 Å². The molecule has 0 radical (unpaired) electrons. The van der Waals surface area contributed by atoms with E-state index in [-0.39, 0.29) is 17.2 Å². The fourth-order valence-corrected chi connectivity index (χ4v) is 4.33. The van der Waals surface area contributed by atoms with E-state index in [0.717, 1.165) is 34.0 Å². The molecular formula is C20H21N3O2S. The second-order valence-corrected chi connectivity index (χ2v) is 7.90. The highest BCUT2D eigenvalue weighted by Gasteiger charge is 2.33. The van der Waals surface area contributed by atoms with Gasteiger partial charge in [0, 0.05) is 17.8 Å². The molecule has 0 spiro atoms. The lowest BCUT2D eigenvalue weighted by Gasteiger charge is -2.25. The topological polar surface area (TPSA) is 58.2 Å². The molecule has 2 heterocycles. The number of nitrogens with zero attached hydrogens (tertiary/aromatic N) is 2. The highest BCUT2D eigenvalue weighted by molar-refractivity contribution is 8.00. The van der Waals surface area contributed by atoms with E-state index >= 15 is 0 Å². The maximum Gasteiger partial charge on any atom is 0.240 e. The number of ether oxygens (including phenoxy) is 1. The molecule has 2 atom stereocenters. The molecule has 0 bridgehead atoms. The van der Waals surface area contributed by atoms with Crippen LogP contribution >= 0.6 is 11.8 Å². The quantitative estimate of drug-likeness (QED) is 0.708. The highest BCUT2D eigenvalue weighted by Crippen LogP contribution is 2.34. The van der Waals surface area contributed by atoms with E-state index in [1.807, 2.05) is 48.2 Å². The van der Waals surface area contributed by atoms with E-state index in [9.17, 15) is 4.79 Å². The summed E-state index contributed by atoms with van der Waals surface area (Å²) in [6.07, 6.45) is 0.906. The third-order valence-corrected chi connectivity index (χ3v) is 5.72. The number of amides is 1. The van der Waals surface area contributed by atoms with Gasteiger partial charge in [-0.3, -0.25) is 4.79 Å². The Kier molecular flexibility index (Phi) is 4.36. The fourth-order valence-electron chi connectivity index (χ4n) is 3.46. The monoisotopic (exact) mass is 367 g/mol. The Morgan fingerprint density at radius 3 is 2.96 bits per heavy atom. The molecule has 26 heavy (non-hydrogen) atoms. The van der Waals surface area contributed by atoms with Gasteiger partial charge in [-0.05, 0) is 44.0 Å². The van der Waals surface area contributed by atoms with Gasteiger partial charge < -0.3 is 14.6 Å². The number of carbonyl (C=O) groups is 1. The zero-order valence-electron chi connectivity index (χ0n) is 15.0. The van der Waals surface area contributed by atoms with Crippen LogP contribution in [0.3, 0.4) is 0 Å². The van der Waals surface area contributed by atoms with Gasteiger partial charge in [-0.2, -0.15) is 0 Å². The Balaban J connectivity index is 1.54. The van der Waals surface area contributed by atoms with Gasteiger partial charge in [-0.15, -0.1) is 0 Å². The number of para-hydroxylation sites is 1. The molecule has 0 fully saturated rings. The largest absolute Gasteiger partial charge is 0.497 e. The molecule has 1 amide bonds. The van der Waals surface area contributed by atoms with Gasteiger partial charge in [-0.25, -0.2) is 4.98 Å². The molecule has 1 aromatic heterocycles. The minimum atomic E-state index is -0.230. The van der Waals surface area contributed by atoms with Crippen LogP contribution in [-0.2, 0) is 11.2 Å². The minimum absolute atomic E-state index is 0.116. The Bertz CT molecular complexity index is 969. The lowest BCUT2D eigenvalue weighted by molar-refractivity contribution is -0.118. The van der Waals surface area contributed by atoms with E-state index < -0.39 is 0 Å². The average Bonchev–Trinajstić information content (AvgIpc) is 3.19. The van der Waals surface area contributed by atoms with E-state index in [1.165, 1.54) is 17.3 Å². The molecule has 0 saturated carbocycles. The average molecular weight is 367 g/mol. The van der Waals surface area contributed by atoms with Gasteiger partial charge in [0.15, 0.2) is 5.16 Å². The summed E-state index contributed by atoms with van der Waals surface area (Å²) < 4.78 is 5.25. The number of aromatic nitrogens is 2. The Labute approximate surface area is 156 Å². The minimum Gasteiger partial charge on any atom is -0.497 e. The van der Waals surface area contributed by atoms with Crippen LogP contribution in [0.25, 0.3) is 11.0 Å². The molecular weight excluding hydrogens is 346 g/mol. The molecule has 1 aliphatic rings. The zero-order chi connectivity index (χ0) is 18.3. The van der Waals surface area contributed by atoms with Crippen LogP contribution in [-0.4, -0.2) is 34.3 Å². The standard InChI is InChI=1S/C20H21N3O2S/c1-12-10-14-6-4-5-7-18(14)23(12)19(24)13(2)26-20-21-16-9-8-15(25-3)11-17(16)22-20/h4-9,11-13H,10H2,1-3H3,(H,21,22)/t12-,13-/m0/s1. The number of nitrogens with one attached hydrogen (secondary N) is 1. The molecule has 0 saturated heterocycles. The van der Waals surface area contributed by atoms with Gasteiger partial charge in [-0.1, -0.05) is 30.0 Å². The number of anilines is 1. The third-order valence-electron chi connectivity index (χ3n) is 4.75. The lowest BCUT2D eigenvalue weighted by Crippen LogP contribution is -2.40. The van der Waals surface area contributed by atoms with Crippen molar-refractivity contribution in [2.24, 2.45) is 0 Å². The first-order valence-electron chi connectivity index (χ1n) is 8.68. The number of methoxy groups -OCH3 is 1. The number of hydrogen-bond donors (Lipinski definition) is 1. The normalized spacial score (nSPS) is 17.3. The van der Waals surface area contributed by atoms with Crippen LogP contribution in [0.1, 0.15) is 19.4 Å². The van der Waals surface area contributed by atoms with Crippen LogP contribution < -0.4 is 9.64 Å². The summed E-state index contributed by atoms with van der Waals surface area (Å²) in [5.41, 5.74) is 4.05. The molecule has 1 aliphatic heterocycles. The number of fused-ring (bicyclic) bond motifs is 2. The van der Waals surface area contributed by atoms with Crippen molar-refractivity contribution >= 4 is 34.4 Å². The van der Waals surface area contributed by atoms with Crippen LogP contribution in [0.15, 0.2) is 47.6 Å². The summed E-state index contributed by atoms with van der Waals surface area (Å²) in [7, 11) is 1.64.